The van der Waals surface area contributed by atoms with Crippen LogP contribution in [0, 0.1) is 10.1 Å². The van der Waals surface area contributed by atoms with Crippen molar-refractivity contribution in [2.75, 3.05) is 34.4 Å². The zero-order valence-electron chi connectivity index (χ0n) is 25.5. The van der Waals surface area contributed by atoms with Crippen molar-refractivity contribution < 1.29 is 37.1 Å². The third kappa shape index (κ3) is 7.03. The van der Waals surface area contributed by atoms with E-state index in [0.29, 0.717) is 40.5 Å². The standard InChI is InChI=1S/C30H36N4O9S/c1-30(2,3)43-29(35)32-14-12-22(19-32)33(44(38,39)27-10-8-7-9-24(27)34(36)37)18-20-11-13-31-23(15-20)21-16-25(40-4)28(42-6)26(17-21)41-5/h7-11,13,15-17,22H,12,14,18-19H2,1-6H3/t22-/m0/s1. The van der Waals surface area contributed by atoms with Gasteiger partial charge in [-0.15, -0.1) is 0 Å². The van der Waals surface area contributed by atoms with Crippen molar-refractivity contribution in [3.8, 4) is 28.5 Å². The maximum Gasteiger partial charge on any atom is 0.410 e. The van der Waals surface area contributed by atoms with Crippen molar-refractivity contribution in [2.45, 2.75) is 50.3 Å². The minimum absolute atomic E-state index is 0.0552. The quantitative estimate of drug-likeness (QED) is 0.224. The SMILES string of the molecule is COc1cc(-c2cc(CN([C@H]3CCN(C(=O)OC(C)(C)C)C3)S(=O)(=O)c3ccccc3[N+](=O)[O-])ccn2)cc(OC)c1OC. The molecular weight excluding hydrogens is 592 g/mol. The molecule has 3 aromatic rings. The summed E-state index contributed by atoms with van der Waals surface area (Å²) in [4.78, 5) is 29.4. The molecule has 1 aliphatic rings. The van der Waals surface area contributed by atoms with E-state index >= 15 is 0 Å². The third-order valence-electron chi connectivity index (χ3n) is 6.99. The summed E-state index contributed by atoms with van der Waals surface area (Å²) in [7, 11) is 0.0807. The Bertz CT molecular complexity index is 1610. The maximum atomic E-state index is 14.2. The Hall–Kier alpha value is -4.43. The van der Waals surface area contributed by atoms with Crippen LogP contribution < -0.4 is 14.2 Å². The van der Waals surface area contributed by atoms with Gasteiger partial charge in [0.15, 0.2) is 16.4 Å². The Morgan fingerprint density at radius 2 is 1.73 bits per heavy atom. The number of amides is 1. The topological polar surface area (TPSA) is 151 Å². The minimum atomic E-state index is -4.41. The van der Waals surface area contributed by atoms with Gasteiger partial charge in [0.25, 0.3) is 15.7 Å². The zero-order chi connectivity index (χ0) is 32.2. The van der Waals surface area contributed by atoms with Gasteiger partial charge in [-0.1, -0.05) is 12.1 Å². The van der Waals surface area contributed by atoms with Crippen LogP contribution in [-0.2, 0) is 21.3 Å². The first kappa shape index (κ1) is 32.5. The van der Waals surface area contributed by atoms with E-state index in [0.717, 1.165) is 6.07 Å². The molecule has 1 saturated heterocycles. The zero-order valence-corrected chi connectivity index (χ0v) is 26.3. The van der Waals surface area contributed by atoms with E-state index in [1.807, 2.05) is 0 Å². The monoisotopic (exact) mass is 628 g/mol. The Kier molecular flexibility index (Phi) is 9.64. The van der Waals surface area contributed by atoms with Crippen LogP contribution in [0.2, 0.25) is 0 Å². The first-order chi connectivity index (χ1) is 20.8. The maximum absolute atomic E-state index is 14.2. The summed E-state index contributed by atoms with van der Waals surface area (Å²) < 4.78 is 51.4. The van der Waals surface area contributed by atoms with Crippen LogP contribution in [0.3, 0.4) is 0 Å². The van der Waals surface area contributed by atoms with Crippen LogP contribution in [0.5, 0.6) is 17.2 Å². The summed E-state index contributed by atoms with van der Waals surface area (Å²) in [6.07, 6.45) is 1.30. The summed E-state index contributed by atoms with van der Waals surface area (Å²) in [5.41, 5.74) is 0.443. The summed E-state index contributed by atoms with van der Waals surface area (Å²) >= 11 is 0. The molecule has 1 aromatic heterocycles. The Morgan fingerprint density at radius 3 is 2.32 bits per heavy atom. The Morgan fingerprint density at radius 1 is 1.07 bits per heavy atom. The highest BCUT2D eigenvalue weighted by Crippen LogP contribution is 2.41. The van der Waals surface area contributed by atoms with E-state index in [4.69, 9.17) is 18.9 Å². The number of para-hydroxylation sites is 1. The number of methoxy groups -OCH3 is 3. The molecule has 1 fully saturated rings. The van der Waals surface area contributed by atoms with E-state index in [2.05, 4.69) is 4.98 Å². The molecule has 0 N–H and O–H groups in total. The largest absolute Gasteiger partial charge is 0.493 e. The highest BCUT2D eigenvalue weighted by molar-refractivity contribution is 7.89. The molecule has 0 unspecified atom stereocenters. The third-order valence-corrected chi connectivity index (χ3v) is 8.94. The van der Waals surface area contributed by atoms with E-state index in [1.165, 1.54) is 48.7 Å². The molecular formula is C30H36N4O9S. The van der Waals surface area contributed by atoms with E-state index < -0.39 is 43.3 Å². The lowest BCUT2D eigenvalue weighted by atomic mass is 10.1. The van der Waals surface area contributed by atoms with Crippen LogP contribution in [0.1, 0.15) is 32.8 Å². The normalized spacial score (nSPS) is 15.2. The van der Waals surface area contributed by atoms with Crippen LogP contribution in [0.15, 0.2) is 59.6 Å². The van der Waals surface area contributed by atoms with Gasteiger partial charge in [-0.05, 0) is 63.1 Å². The molecule has 2 heterocycles. The predicted octanol–water partition coefficient (Wildman–Crippen LogP) is 4.88. The molecule has 0 aliphatic carbocycles. The Balaban J connectivity index is 1.75. The number of rotatable bonds is 10. The second-order valence-electron chi connectivity index (χ2n) is 11.1. The van der Waals surface area contributed by atoms with Crippen molar-refractivity contribution >= 4 is 21.8 Å². The molecule has 0 radical (unpaired) electrons. The number of pyridine rings is 1. The number of carbonyl (C=O) groups excluding carboxylic acids is 1. The number of hydrogen-bond acceptors (Lipinski definition) is 10. The van der Waals surface area contributed by atoms with Gasteiger partial charge in [0, 0.05) is 43.5 Å². The van der Waals surface area contributed by atoms with Crippen LogP contribution >= 0.6 is 0 Å². The lowest BCUT2D eigenvalue weighted by Crippen LogP contribution is -2.43. The highest BCUT2D eigenvalue weighted by Gasteiger charge is 2.41. The fraction of sp³-hybridized carbons (Fsp3) is 0.400. The van der Waals surface area contributed by atoms with Crippen molar-refractivity contribution in [1.29, 1.82) is 0 Å². The molecule has 1 atom stereocenters. The smallest absolute Gasteiger partial charge is 0.410 e. The van der Waals surface area contributed by atoms with Gasteiger partial charge in [-0.3, -0.25) is 15.1 Å². The summed E-state index contributed by atoms with van der Waals surface area (Å²) in [5, 5.41) is 11.8. The fourth-order valence-electron chi connectivity index (χ4n) is 4.97. The highest BCUT2D eigenvalue weighted by atomic mass is 32.2. The molecule has 236 valence electrons. The Labute approximate surface area is 256 Å². The number of ether oxygens (including phenoxy) is 4. The number of benzene rings is 2. The van der Waals surface area contributed by atoms with Crippen molar-refractivity contribution in [3.05, 3.63) is 70.4 Å². The first-order valence-electron chi connectivity index (χ1n) is 13.8. The van der Waals surface area contributed by atoms with Gasteiger partial charge in [-0.2, -0.15) is 4.31 Å². The van der Waals surface area contributed by atoms with Gasteiger partial charge in [-0.25, -0.2) is 13.2 Å². The molecule has 0 saturated carbocycles. The van der Waals surface area contributed by atoms with Gasteiger partial charge in [0.1, 0.15) is 5.60 Å². The molecule has 2 aromatic carbocycles. The predicted molar refractivity (Wildman–Crippen MR) is 161 cm³/mol. The molecule has 44 heavy (non-hydrogen) atoms. The summed E-state index contributed by atoms with van der Waals surface area (Å²) in [5.74, 6) is 1.25. The van der Waals surface area contributed by atoms with E-state index in [-0.39, 0.29) is 19.6 Å². The first-order valence-corrected chi connectivity index (χ1v) is 15.2. The molecule has 1 aliphatic heterocycles. The van der Waals surface area contributed by atoms with E-state index in [9.17, 15) is 23.3 Å². The lowest BCUT2D eigenvalue weighted by molar-refractivity contribution is -0.387. The van der Waals surface area contributed by atoms with Gasteiger partial charge in [0.05, 0.1) is 31.9 Å². The number of likely N-dealkylation sites (tertiary alicyclic amines) is 1. The number of sulfonamides is 1. The summed E-state index contributed by atoms with van der Waals surface area (Å²) in [6, 6.07) is 11.4. The molecule has 1 amide bonds. The number of nitro benzene ring substituents is 1. The molecule has 13 nitrogen and oxygen atoms in total. The molecule has 4 rings (SSSR count). The van der Waals surface area contributed by atoms with Gasteiger partial charge < -0.3 is 23.8 Å². The van der Waals surface area contributed by atoms with E-state index in [1.54, 1.807) is 51.2 Å². The average molecular weight is 629 g/mol. The minimum Gasteiger partial charge on any atom is -0.493 e. The summed E-state index contributed by atoms with van der Waals surface area (Å²) in [6.45, 7) is 5.42. The number of carbonyl (C=O) groups is 1. The van der Waals surface area contributed by atoms with Gasteiger partial charge in [0.2, 0.25) is 5.75 Å². The number of aromatic nitrogens is 1. The van der Waals surface area contributed by atoms with Crippen molar-refractivity contribution in [2.24, 2.45) is 0 Å². The van der Waals surface area contributed by atoms with Crippen LogP contribution in [-0.4, -0.2) is 79.7 Å². The van der Waals surface area contributed by atoms with Crippen LogP contribution in [0.25, 0.3) is 11.3 Å². The molecule has 0 bridgehead atoms. The average Bonchev–Trinajstić information content (AvgIpc) is 3.48. The fourth-order valence-corrected chi connectivity index (χ4v) is 6.77. The lowest BCUT2D eigenvalue weighted by Gasteiger charge is -2.29. The van der Waals surface area contributed by atoms with Crippen LogP contribution in [0.4, 0.5) is 10.5 Å². The number of hydrogen-bond donors (Lipinski definition) is 0. The van der Waals surface area contributed by atoms with Crippen molar-refractivity contribution in [1.82, 2.24) is 14.2 Å². The second-order valence-corrected chi connectivity index (χ2v) is 13.0. The number of nitro groups is 1. The molecule has 0 spiro atoms. The van der Waals surface area contributed by atoms with Gasteiger partial charge >= 0.3 is 6.09 Å². The molecule has 14 heteroatoms. The second kappa shape index (κ2) is 13.1. The number of nitrogens with zero attached hydrogens (tertiary/aromatic N) is 4. The van der Waals surface area contributed by atoms with Crippen molar-refractivity contribution in [3.63, 3.8) is 0 Å².